The van der Waals surface area contributed by atoms with Gasteiger partial charge in [-0.25, -0.2) is 0 Å². The monoisotopic (exact) mass is 381 g/mol. The Morgan fingerprint density at radius 1 is 1.48 bits per heavy atom. The Kier molecular flexibility index (Phi) is 7.08. The molecule has 1 aromatic rings. The summed E-state index contributed by atoms with van der Waals surface area (Å²) in [4.78, 5) is 37.3. The quantitative estimate of drug-likeness (QED) is 0.519. The van der Waals surface area contributed by atoms with E-state index in [0.29, 0.717) is 19.7 Å². The smallest absolute Gasteiger partial charge is 0.317 e. The molecule has 0 radical (unpaired) electrons. The minimum Gasteiger partial charge on any atom is -0.487 e. The molecule has 0 spiro atoms. The van der Waals surface area contributed by atoms with Crippen molar-refractivity contribution in [3.05, 3.63) is 33.9 Å². The number of likely N-dealkylation sites (N-methyl/N-ethyl adjacent to an activating group) is 1. The molecular formula is C17H23N3O7. The topological polar surface area (TPSA) is 122 Å². The molecule has 0 bridgehead atoms. The molecule has 10 heteroatoms. The number of carboxylic acids is 1. The molecule has 1 fully saturated rings. The molecule has 148 valence electrons. The van der Waals surface area contributed by atoms with Crippen LogP contribution in [-0.2, 0) is 9.53 Å². The highest BCUT2D eigenvalue weighted by Gasteiger charge is 2.28. The number of benzene rings is 1. The predicted octanol–water partition coefficient (Wildman–Crippen LogP) is 0.851. The minimum absolute atomic E-state index is 0.120. The van der Waals surface area contributed by atoms with Crippen molar-refractivity contribution < 1.29 is 29.1 Å². The van der Waals surface area contributed by atoms with E-state index in [-0.39, 0.29) is 48.7 Å². The summed E-state index contributed by atoms with van der Waals surface area (Å²) in [6, 6.07) is 4.14. The summed E-state index contributed by atoms with van der Waals surface area (Å²) < 4.78 is 10.8. The Balaban J connectivity index is 2.09. The van der Waals surface area contributed by atoms with E-state index in [9.17, 15) is 19.7 Å². The van der Waals surface area contributed by atoms with Gasteiger partial charge in [-0.1, -0.05) is 0 Å². The van der Waals surface area contributed by atoms with Crippen molar-refractivity contribution in [2.24, 2.45) is 0 Å². The maximum atomic E-state index is 12.8. The van der Waals surface area contributed by atoms with Crippen molar-refractivity contribution in [1.29, 1.82) is 0 Å². The van der Waals surface area contributed by atoms with Crippen molar-refractivity contribution >= 4 is 17.6 Å². The van der Waals surface area contributed by atoms with Gasteiger partial charge in [-0.15, -0.1) is 0 Å². The maximum Gasteiger partial charge on any atom is 0.317 e. The van der Waals surface area contributed by atoms with Crippen molar-refractivity contribution in [2.45, 2.75) is 13.0 Å². The fourth-order valence-electron chi connectivity index (χ4n) is 2.91. The second kappa shape index (κ2) is 9.28. The van der Waals surface area contributed by atoms with E-state index in [1.165, 1.54) is 18.2 Å². The first-order valence-corrected chi connectivity index (χ1v) is 8.54. The lowest BCUT2D eigenvalue weighted by Gasteiger charge is -2.34. The van der Waals surface area contributed by atoms with Gasteiger partial charge < -0.3 is 19.5 Å². The fraction of sp³-hybridized carbons (Fsp3) is 0.529. The number of carbonyl (C=O) groups is 2. The zero-order valence-corrected chi connectivity index (χ0v) is 15.3. The average molecular weight is 381 g/mol. The van der Waals surface area contributed by atoms with Gasteiger partial charge in [-0.3, -0.25) is 24.6 Å². The highest BCUT2D eigenvalue weighted by molar-refractivity contribution is 5.95. The van der Waals surface area contributed by atoms with E-state index >= 15 is 0 Å². The predicted molar refractivity (Wildman–Crippen MR) is 95.0 cm³/mol. The van der Waals surface area contributed by atoms with Crippen molar-refractivity contribution in [2.75, 3.05) is 46.4 Å². The number of nitrogens with zero attached hydrogens (tertiary/aromatic N) is 3. The third-order valence-electron chi connectivity index (χ3n) is 4.05. The summed E-state index contributed by atoms with van der Waals surface area (Å²) >= 11 is 0. The molecular weight excluding hydrogens is 358 g/mol. The molecule has 0 aromatic heterocycles. The van der Waals surface area contributed by atoms with Gasteiger partial charge in [0.1, 0.15) is 0 Å². The largest absolute Gasteiger partial charge is 0.487 e. The molecule has 0 saturated carbocycles. The van der Waals surface area contributed by atoms with Crippen LogP contribution in [-0.4, -0.2) is 84.3 Å². The zero-order valence-electron chi connectivity index (χ0n) is 15.3. The van der Waals surface area contributed by atoms with Crippen LogP contribution < -0.4 is 4.74 Å². The number of nitro groups is 1. The highest BCUT2D eigenvalue weighted by atomic mass is 16.6. The van der Waals surface area contributed by atoms with Gasteiger partial charge in [0, 0.05) is 31.3 Å². The van der Waals surface area contributed by atoms with E-state index in [2.05, 4.69) is 0 Å². The van der Waals surface area contributed by atoms with Crippen LogP contribution in [0.15, 0.2) is 18.2 Å². The molecule has 0 aliphatic carbocycles. The lowest BCUT2D eigenvalue weighted by molar-refractivity contribution is -0.385. The SMILES string of the molecule is CCOc1ccc(C(=O)N2CCOC(CN(C)CC(=O)O)C2)cc1[N+](=O)[O-]. The van der Waals surface area contributed by atoms with Crippen LogP contribution in [0.2, 0.25) is 0 Å². The van der Waals surface area contributed by atoms with Crippen LogP contribution in [0.3, 0.4) is 0 Å². The summed E-state index contributed by atoms with van der Waals surface area (Å²) in [5, 5.41) is 20.1. The van der Waals surface area contributed by atoms with Gasteiger partial charge >= 0.3 is 11.7 Å². The molecule has 1 amide bonds. The van der Waals surface area contributed by atoms with Crippen molar-refractivity contribution in [1.82, 2.24) is 9.80 Å². The number of carbonyl (C=O) groups excluding carboxylic acids is 1. The number of ether oxygens (including phenoxy) is 2. The highest BCUT2D eigenvalue weighted by Crippen LogP contribution is 2.28. The maximum absolute atomic E-state index is 12.8. The third-order valence-corrected chi connectivity index (χ3v) is 4.05. The molecule has 2 rings (SSSR count). The first kappa shape index (κ1) is 20.6. The summed E-state index contributed by atoms with van der Waals surface area (Å²) in [6.45, 7) is 3.19. The van der Waals surface area contributed by atoms with Crippen LogP contribution >= 0.6 is 0 Å². The van der Waals surface area contributed by atoms with Gasteiger partial charge in [-0.05, 0) is 26.1 Å². The average Bonchev–Trinajstić information content (AvgIpc) is 2.61. The molecule has 27 heavy (non-hydrogen) atoms. The number of morpholine rings is 1. The van der Waals surface area contributed by atoms with E-state index in [4.69, 9.17) is 14.6 Å². The van der Waals surface area contributed by atoms with E-state index in [1.807, 2.05) is 0 Å². The molecule has 1 N–H and O–H groups in total. The Hall–Kier alpha value is -2.72. The van der Waals surface area contributed by atoms with Gasteiger partial charge in [0.25, 0.3) is 5.91 Å². The lowest BCUT2D eigenvalue weighted by atomic mass is 10.1. The summed E-state index contributed by atoms with van der Waals surface area (Å²) in [7, 11) is 1.66. The summed E-state index contributed by atoms with van der Waals surface area (Å²) in [5.41, 5.74) is -0.0570. The minimum atomic E-state index is -0.942. The van der Waals surface area contributed by atoms with Crippen LogP contribution in [0.25, 0.3) is 0 Å². The normalized spacial score (nSPS) is 17.0. The number of hydrogen-bond donors (Lipinski definition) is 1. The Morgan fingerprint density at radius 2 is 2.22 bits per heavy atom. The van der Waals surface area contributed by atoms with Crippen molar-refractivity contribution in [3.63, 3.8) is 0 Å². The number of carboxylic acid groups (broad SMARTS) is 1. The second-order valence-corrected chi connectivity index (χ2v) is 6.21. The van der Waals surface area contributed by atoms with Crippen molar-refractivity contribution in [3.8, 4) is 5.75 Å². The number of amides is 1. The van der Waals surface area contributed by atoms with Crippen LogP contribution in [0, 0.1) is 10.1 Å². The molecule has 1 atom stereocenters. The van der Waals surface area contributed by atoms with Crippen LogP contribution in [0.5, 0.6) is 5.75 Å². The van der Waals surface area contributed by atoms with E-state index < -0.39 is 10.9 Å². The Labute approximate surface area is 156 Å². The third kappa shape index (κ3) is 5.63. The van der Waals surface area contributed by atoms with E-state index in [0.717, 1.165) is 0 Å². The number of hydrogen-bond acceptors (Lipinski definition) is 7. The van der Waals surface area contributed by atoms with Crippen LogP contribution in [0.4, 0.5) is 5.69 Å². The fourth-order valence-corrected chi connectivity index (χ4v) is 2.91. The molecule has 10 nitrogen and oxygen atoms in total. The van der Waals surface area contributed by atoms with Gasteiger partial charge in [0.2, 0.25) is 0 Å². The zero-order chi connectivity index (χ0) is 20.0. The first-order valence-electron chi connectivity index (χ1n) is 8.54. The molecule has 1 aliphatic heterocycles. The molecule has 1 unspecified atom stereocenters. The van der Waals surface area contributed by atoms with Gasteiger partial charge in [-0.2, -0.15) is 0 Å². The standard InChI is InChI=1S/C17H23N3O7/c1-3-26-15-5-4-12(8-14(15)20(24)25)17(23)19-6-7-27-13(10-19)9-18(2)11-16(21)22/h4-5,8,13H,3,6-7,9-11H2,1-2H3,(H,21,22). The lowest BCUT2D eigenvalue weighted by Crippen LogP contribution is -2.49. The molecule has 1 saturated heterocycles. The summed E-state index contributed by atoms with van der Waals surface area (Å²) in [5.74, 6) is -1.16. The molecule has 1 heterocycles. The molecule has 1 aliphatic rings. The van der Waals surface area contributed by atoms with Gasteiger partial charge in [0.15, 0.2) is 5.75 Å². The Bertz CT molecular complexity index is 710. The second-order valence-electron chi connectivity index (χ2n) is 6.21. The molecule has 1 aromatic carbocycles. The first-order chi connectivity index (χ1) is 12.8. The Morgan fingerprint density at radius 3 is 2.85 bits per heavy atom. The summed E-state index contributed by atoms with van der Waals surface area (Å²) in [6.07, 6.45) is -0.329. The number of nitro benzene ring substituents is 1. The van der Waals surface area contributed by atoms with Crippen LogP contribution in [0.1, 0.15) is 17.3 Å². The van der Waals surface area contributed by atoms with E-state index in [1.54, 1.807) is 23.8 Å². The van der Waals surface area contributed by atoms with Gasteiger partial charge in [0.05, 0.1) is 30.8 Å². The number of aliphatic carboxylic acids is 1. The number of rotatable bonds is 8.